The summed E-state index contributed by atoms with van der Waals surface area (Å²) < 4.78 is 5.12. The second-order valence-corrected chi connectivity index (χ2v) is 4.96. The molecule has 1 aliphatic rings. The van der Waals surface area contributed by atoms with Crippen molar-refractivity contribution in [3.8, 4) is 0 Å². The highest BCUT2D eigenvalue weighted by atomic mass is 79.9. The summed E-state index contributed by atoms with van der Waals surface area (Å²) in [5.41, 5.74) is 0.932. The first-order valence-electron chi connectivity index (χ1n) is 5.29. The number of carbonyl (C=O) groups is 2. The summed E-state index contributed by atoms with van der Waals surface area (Å²) in [6.45, 7) is 0.743. The third kappa shape index (κ3) is 3.06. The molecule has 0 saturated carbocycles. The van der Waals surface area contributed by atoms with Crippen molar-refractivity contribution in [3.05, 3.63) is 35.9 Å². The minimum Gasteiger partial charge on any atom is -0.445 e. The lowest BCUT2D eigenvalue weighted by Crippen LogP contribution is -2.29. The number of rotatable bonds is 2. The maximum Gasteiger partial charge on any atom is 0.410 e. The van der Waals surface area contributed by atoms with Gasteiger partial charge in [-0.1, -0.05) is 46.3 Å². The molecular formula is C12H12BrNO3. The highest BCUT2D eigenvalue weighted by Crippen LogP contribution is 2.14. The number of hydrogen-bond donors (Lipinski definition) is 0. The molecule has 1 saturated heterocycles. The van der Waals surface area contributed by atoms with Gasteiger partial charge in [0.05, 0.1) is 11.4 Å². The van der Waals surface area contributed by atoms with Gasteiger partial charge < -0.3 is 4.74 Å². The van der Waals surface area contributed by atoms with Gasteiger partial charge in [-0.3, -0.25) is 9.69 Å². The molecule has 0 radical (unpaired) electrons. The first-order chi connectivity index (χ1) is 8.16. The Labute approximate surface area is 108 Å². The summed E-state index contributed by atoms with van der Waals surface area (Å²) in [6, 6.07) is 9.44. The smallest absolute Gasteiger partial charge is 0.410 e. The van der Waals surface area contributed by atoms with Crippen LogP contribution in [-0.4, -0.2) is 34.7 Å². The Morgan fingerprint density at radius 2 is 2.12 bits per heavy atom. The van der Waals surface area contributed by atoms with Crippen molar-refractivity contribution in [1.82, 2.24) is 4.90 Å². The molecule has 1 aliphatic heterocycles. The molecule has 0 bridgehead atoms. The van der Waals surface area contributed by atoms with Crippen LogP contribution in [0.4, 0.5) is 4.79 Å². The van der Waals surface area contributed by atoms with Gasteiger partial charge in [0.15, 0.2) is 5.78 Å². The van der Waals surface area contributed by atoms with Gasteiger partial charge in [-0.25, -0.2) is 4.79 Å². The van der Waals surface area contributed by atoms with Crippen molar-refractivity contribution in [2.75, 3.05) is 13.1 Å². The number of Topliss-reactive ketones (excluding diaryl/α,β-unsaturated/α-hetero) is 1. The van der Waals surface area contributed by atoms with Crippen LogP contribution in [0.15, 0.2) is 30.3 Å². The van der Waals surface area contributed by atoms with E-state index < -0.39 is 6.09 Å². The van der Waals surface area contributed by atoms with Gasteiger partial charge in [0, 0.05) is 6.54 Å². The van der Waals surface area contributed by atoms with Crippen molar-refractivity contribution >= 4 is 27.8 Å². The molecule has 0 aliphatic carbocycles. The Morgan fingerprint density at radius 3 is 2.71 bits per heavy atom. The van der Waals surface area contributed by atoms with Gasteiger partial charge in [0.2, 0.25) is 0 Å². The number of likely N-dealkylation sites (tertiary alicyclic amines) is 1. The molecule has 1 aromatic rings. The number of hydrogen-bond acceptors (Lipinski definition) is 3. The van der Waals surface area contributed by atoms with E-state index in [1.54, 1.807) is 0 Å². The topological polar surface area (TPSA) is 46.6 Å². The molecule has 17 heavy (non-hydrogen) atoms. The van der Waals surface area contributed by atoms with E-state index in [0.717, 1.165) is 5.56 Å². The normalized spacial score (nSPS) is 19.5. The highest BCUT2D eigenvalue weighted by molar-refractivity contribution is 9.10. The van der Waals surface area contributed by atoms with E-state index in [1.165, 1.54) is 4.90 Å². The Morgan fingerprint density at radius 1 is 1.41 bits per heavy atom. The van der Waals surface area contributed by atoms with E-state index in [9.17, 15) is 9.59 Å². The van der Waals surface area contributed by atoms with Crippen LogP contribution in [-0.2, 0) is 16.1 Å². The molecule has 0 spiro atoms. The Hall–Kier alpha value is -1.36. The maximum atomic E-state index is 11.6. The average Bonchev–Trinajstić information content (AvgIpc) is 2.68. The van der Waals surface area contributed by atoms with Gasteiger partial charge in [-0.2, -0.15) is 0 Å². The monoisotopic (exact) mass is 297 g/mol. The third-order valence-corrected chi connectivity index (χ3v) is 3.34. The van der Waals surface area contributed by atoms with Crippen LogP contribution < -0.4 is 0 Å². The molecule has 1 heterocycles. The van der Waals surface area contributed by atoms with E-state index in [-0.39, 0.29) is 23.8 Å². The number of amides is 1. The summed E-state index contributed by atoms with van der Waals surface area (Å²) in [4.78, 5) is 24.1. The minimum absolute atomic E-state index is 0.0154. The van der Waals surface area contributed by atoms with E-state index in [4.69, 9.17) is 4.74 Å². The van der Waals surface area contributed by atoms with Gasteiger partial charge in [0.25, 0.3) is 0 Å². The van der Waals surface area contributed by atoms with E-state index in [2.05, 4.69) is 15.9 Å². The third-order valence-electron chi connectivity index (χ3n) is 2.54. The van der Waals surface area contributed by atoms with Gasteiger partial charge >= 0.3 is 6.09 Å². The number of benzene rings is 1. The van der Waals surface area contributed by atoms with Gasteiger partial charge in [-0.05, 0) is 5.56 Å². The van der Waals surface area contributed by atoms with Crippen LogP contribution in [0.1, 0.15) is 5.56 Å². The number of nitrogens with zero attached hydrogens (tertiary/aromatic N) is 1. The average molecular weight is 298 g/mol. The van der Waals surface area contributed by atoms with Crippen LogP contribution in [0, 0.1) is 0 Å². The van der Waals surface area contributed by atoms with E-state index >= 15 is 0 Å². The summed E-state index contributed by atoms with van der Waals surface area (Å²) in [6.07, 6.45) is -0.441. The Balaban J connectivity index is 1.84. The predicted molar refractivity (Wildman–Crippen MR) is 65.9 cm³/mol. The Bertz CT molecular complexity index is 421. The molecule has 1 aromatic carbocycles. The molecule has 0 N–H and O–H groups in total. The van der Waals surface area contributed by atoms with E-state index in [1.807, 2.05) is 30.3 Å². The summed E-state index contributed by atoms with van der Waals surface area (Å²) in [5, 5.41) is 0. The highest BCUT2D eigenvalue weighted by Gasteiger charge is 2.32. The summed E-state index contributed by atoms with van der Waals surface area (Å²) in [5.74, 6) is 0.0154. The van der Waals surface area contributed by atoms with Crippen LogP contribution in [0.5, 0.6) is 0 Å². The number of halogens is 1. The number of carbonyl (C=O) groups excluding carboxylic acids is 2. The molecule has 0 unspecified atom stereocenters. The molecular weight excluding hydrogens is 286 g/mol. The van der Waals surface area contributed by atoms with Crippen molar-refractivity contribution in [1.29, 1.82) is 0 Å². The summed E-state index contributed by atoms with van der Waals surface area (Å²) >= 11 is 3.21. The molecule has 2 rings (SSSR count). The van der Waals surface area contributed by atoms with Gasteiger partial charge in [-0.15, -0.1) is 0 Å². The Kier molecular flexibility index (Phi) is 3.78. The summed E-state index contributed by atoms with van der Waals surface area (Å²) in [7, 11) is 0. The first-order valence-corrected chi connectivity index (χ1v) is 6.21. The molecule has 1 amide bonds. The minimum atomic E-state index is -0.441. The lowest BCUT2D eigenvalue weighted by molar-refractivity contribution is -0.116. The second kappa shape index (κ2) is 5.31. The van der Waals surface area contributed by atoms with Gasteiger partial charge in [0.1, 0.15) is 6.61 Å². The zero-order valence-electron chi connectivity index (χ0n) is 9.14. The molecule has 90 valence electrons. The number of ketones is 1. The first kappa shape index (κ1) is 12.1. The molecule has 5 heteroatoms. The van der Waals surface area contributed by atoms with Crippen molar-refractivity contribution in [2.24, 2.45) is 0 Å². The number of alkyl halides is 1. The SMILES string of the molecule is O=C1CN(C(=O)OCc2ccccc2)C[C@@H]1Br. The standard InChI is InChI=1S/C12H12BrNO3/c13-10-6-14(7-11(10)15)12(16)17-8-9-4-2-1-3-5-9/h1-5,10H,6-8H2/t10-/m0/s1. The van der Waals surface area contributed by atoms with Crippen molar-refractivity contribution in [3.63, 3.8) is 0 Å². The number of ether oxygens (including phenoxy) is 1. The molecule has 4 nitrogen and oxygen atoms in total. The lowest BCUT2D eigenvalue weighted by Gasteiger charge is -2.14. The fourth-order valence-electron chi connectivity index (χ4n) is 1.60. The lowest BCUT2D eigenvalue weighted by atomic mass is 10.2. The molecule has 1 fully saturated rings. The fraction of sp³-hybridized carbons (Fsp3) is 0.333. The maximum absolute atomic E-state index is 11.6. The van der Waals surface area contributed by atoms with Crippen LogP contribution in [0.25, 0.3) is 0 Å². The molecule has 0 aromatic heterocycles. The zero-order valence-corrected chi connectivity index (χ0v) is 10.7. The van der Waals surface area contributed by atoms with Crippen molar-refractivity contribution in [2.45, 2.75) is 11.4 Å². The largest absolute Gasteiger partial charge is 0.445 e. The molecule has 1 atom stereocenters. The van der Waals surface area contributed by atoms with Crippen molar-refractivity contribution < 1.29 is 14.3 Å². The second-order valence-electron chi connectivity index (χ2n) is 3.85. The zero-order chi connectivity index (χ0) is 12.3. The van der Waals surface area contributed by atoms with E-state index in [0.29, 0.717) is 6.54 Å². The van der Waals surface area contributed by atoms with Crippen LogP contribution in [0.2, 0.25) is 0 Å². The van der Waals surface area contributed by atoms with Crippen LogP contribution >= 0.6 is 15.9 Å². The fourth-order valence-corrected chi connectivity index (χ4v) is 2.09. The quantitative estimate of drug-likeness (QED) is 0.784. The predicted octanol–water partition coefficient (Wildman–Crippen LogP) is 1.97. The van der Waals surface area contributed by atoms with Crippen LogP contribution in [0.3, 0.4) is 0 Å².